The molecule has 0 aromatic heterocycles. The molecule has 2 aliphatic carbocycles. The second-order valence-electron chi connectivity index (χ2n) is 19.8. The fraction of sp³-hybridized carbons (Fsp3) is 0.212. The lowest BCUT2D eigenvalue weighted by Crippen LogP contribution is -2.13. The van der Waals surface area contributed by atoms with Crippen molar-refractivity contribution in [2.24, 2.45) is 0 Å². The molecule has 2 saturated carbocycles. The quantitative estimate of drug-likeness (QED) is 0.126. The molecule has 0 saturated heterocycles. The molecule has 2 heteroatoms. The Morgan fingerprint density at radius 1 is 0.338 bits per heavy atom. The van der Waals surface area contributed by atoms with Gasteiger partial charge in [-0.2, -0.15) is 0 Å². The first-order valence-electron chi connectivity index (χ1n) is 25.4. The van der Waals surface area contributed by atoms with E-state index >= 15 is 0 Å². The molecule has 0 amide bonds. The van der Waals surface area contributed by atoms with Crippen molar-refractivity contribution in [3.63, 3.8) is 0 Å². The van der Waals surface area contributed by atoms with Crippen LogP contribution in [0.25, 0.3) is 54.6 Å². The third kappa shape index (κ3) is 7.61. The average molecular weight is 881 g/mol. The van der Waals surface area contributed by atoms with Crippen LogP contribution in [0.2, 0.25) is 0 Å². The van der Waals surface area contributed by atoms with Crippen LogP contribution < -0.4 is 9.80 Å². The van der Waals surface area contributed by atoms with Crippen LogP contribution in [0.5, 0.6) is 0 Å². The van der Waals surface area contributed by atoms with Crippen LogP contribution in [0, 0.1) is 13.8 Å². The molecule has 2 nitrogen and oxygen atoms in total. The lowest BCUT2D eigenvalue weighted by molar-refractivity contribution is 0.444. The molecule has 0 radical (unpaired) electrons. The van der Waals surface area contributed by atoms with Gasteiger partial charge < -0.3 is 9.80 Å². The predicted molar refractivity (Wildman–Crippen MR) is 292 cm³/mol. The van der Waals surface area contributed by atoms with E-state index in [1.165, 1.54) is 164 Å². The zero-order valence-corrected chi connectivity index (χ0v) is 39.6. The summed E-state index contributed by atoms with van der Waals surface area (Å²) >= 11 is 0. The Morgan fingerprint density at radius 2 is 0.721 bits per heavy atom. The van der Waals surface area contributed by atoms with Gasteiger partial charge in [0.1, 0.15) is 0 Å². The second kappa shape index (κ2) is 18.1. The molecular formula is C66H60N2. The highest BCUT2D eigenvalue weighted by molar-refractivity contribution is 6.28. The van der Waals surface area contributed by atoms with E-state index in [4.69, 9.17) is 0 Å². The van der Waals surface area contributed by atoms with Gasteiger partial charge in [0, 0.05) is 33.5 Å². The van der Waals surface area contributed by atoms with Gasteiger partial charge in [0.25, 0.3) is 0 Å². The maximum Gasteiger partial charge on any atom is 0.0540 e. The predicted octanol–water partition coefficient (Wildman–Crippen LogP) is 19.6. The largest absolute Gasteiger partial charge is 0.310 e. The van der Waals surface area contributed by atoms with Crippen LogP contribution in [-0.4, -0.2) is 0 Å². The molecule has 68 heavy (non-hydrogen) atoms. The number of rotatable bonds is 10. The van der Waals surface area contributed by atoms with Gasteiger partial charge in [-0.3, -0.25) is 0 Å². The molecule has 12 rings (SSSR count). The van der Waals surface area contributed by atoms with Crippen molar-refractivity contribution >= 4 is 66.4 Å². The summed E-state index contributed by atoms with van der Waals surface area (Å²) < 4.78 is 0. The molecule has 10 aromatic carbocycles. The summed E-state index contributed by atoms with van der Waals surface area (Å²) in [5.41, 5.74) is 17.9. The summed E-state index contributed by atoms with van der Waals surface area (Å²) in [6.07, 6.45) is 13.1. The first kappa shape index (κ1) is 42.2. The topological polar surface area (TPSA) is 6.48 Å². The molecule has 0 atom stereocenters. The Balaban J connectivity index is 1.03. The first-order chi connectivity index (χ1) is 33.6. The smallest absolute Gasteiger partial charge is 0.0540 e. The fourth-order valence-electron chi connectivity index (χ4n) is 12.2. The number of aryl methyl sites for hydroxylation is 2. The lowest BCUT2D eigenvalue weighted by atomic mass is 9.80. The fourth-order valence-corrected chi connectivity index (χ4v) is 12.2. The van der Waals surface area contributed by atoms with Crippen molar-refractivity contribution in [3.8, 4) is 22.3 Å². The second-order valence-corrected chi connectivity index (χ2v) is 19.8. The summed E-state index contributed by atoms with van der Waals surface area (Å²) in [4.78, 5) is 5.04. The number of hydrogen-bond acceptors (Lipinski definition) is 2. The third-order valence-electron chi connectivity index (χ3n) is 15.7. The Bertz CT molecular complexity index is 3160. The number of anilines is 6. The Kier molecular flexibility index (Phi) is 11.3. The molecule has 334 valence electrons. The number of para-hydroxylation sites is 2. The van der Waals surface area contributed by atoms with E-state index < -0.39 is 0 Å². The summed E-state index contributed by atoms with van der Waals surface area (Å²) in [6.45, 7) is 4.54. The van der Waals surface area contributed by atoms with E-state index in [1.54, 1.807) is 0 Å². The minimum atomic E-state index is 0.617. The van der Waals surface area contributed by atoms with E-state index in [0.29, 0.717) is 11.8 Å². The third-order valence-corrected chi connectivity index (χ3v) is 15.7. The van der Waals surface area contributed by atoms with E-state index in [0.717, 1.165) is 11.4 Å². The maximum atomic E-state index is 2.52. The number of nitrogens with zero attached hydrogens (tertiary/aromatic N) is 2. The van der Waals surface area contributed by atoms with E-state index in [-0.39, 0.29) is 0 Å². The van der Waals surface area contributed by atoms with Crippen LogP contribution in [0.4, 0.5) is 34.1 Å². The van der Waals surface area contributed by atoms with E-state index in [2.05, 4.69) is 218 Å². The van der Waals surface area contributed by atoms with Crippen molar-refractivity contribution in [1.29, 1.82) is 0 Å². The average Bonchev–Trinajstić information content (AvgIpc) is 3.41. The van der Waals surface area contributed by atoms with Gasteiger partial charge >= 0.3 is 0 Å². The highest BCUT2D eigenvalue weighted by Gasteiger charge is 2.26. The molecule has 2 fully saturated rings. The lowest BCUT2D eigenvalue weighted by Gasteiger charge is -2.31. The zero-order valence-electron chi connectivity index (χ0n) is 39.6. The van der Waals surface area contributed by atoms with Crippen molar-refractivity contribution in [2.45, 2.75) is 89.9 Å². The van der Waals surface area contributed by atoms with Gasteiger partial charge in [0.15, 0.2) is 0 Å². The summed E-state index contributed by atoms with van der Waals surface area (Å²) in [7, 11) is 0. The minimum absolute atomic E-state index is 0.617. The highest BCUT2D eigenvalue weighted by Crippen LogP contribution is 2.50. The van der Waals surface area contributed by atoms with E-state index in [1.807, 2.05) is 0 Å². The SMILES string of the molecule is Cc1ccc(-c2ccccc2C2CCCCC2)cc1N(c1ccccc1)c1ccc2ccc3c(N(c4ccccc4)c4cc(-c5ccccc5C5CCCCC5)ccc4C)ccc4ccc1c2c43. The molecule has 0 N–H and O–H groups in total. The molecule has 0 bridgehead atoms. The Morgan fingerprint density at radius 3 is 1.15 bits per heavy atom. The Labute approximate surface area is 402 Å². The molecular weight excluding hydrogens is 821 g/mol. The highest BCUT2D eigenvalue weighted by atomic mass is 15.2. The number of benzene rings is 10. The summed E-state index contributed by atoms with van der Waals surface area (Å²) in [5, 5.41) is 7.61. The summed E-state index contributed by atoms with van der Waals surface area (Å²) in [6, 6.07) is 73.6. The van der Waals surface area contributed by atoms with Crippen LogP contribution in [0.3, 0.4) is 0 Å². The van der Waals surface area contributed by atoms with Crippen molar-refractivity contribution in [2.75, 3.05) is 9.80 Å². The van der Waals surface area contributed by atoms with E-state index in [9.17, 15) is 0 Å². The standard InChI is InChI=1S/C66H60N2/c1-45-31-33-51(57-29-17-15-27-55(57)47-19-7-3-8-20-47)43-63(45)67(53-23-11-5-12-24-53)61-41-37-49-36-40-60-62(42-38-50-35-39-59(61)65(49)66(50)60)68(54-25-13-6-14-26-54)64-44-52(34-32-46(64)2)58-30-18-16-28-56(58)48-21-9-4-10-22-48/h5-6,11-18,23-44,47-48H,3-4,7-10,19-22H2,1-2H3. The van der Waals surface area contributed by atoms with Crippen LogP contribution in [-0.2, 0) is 0 Å². The summed E-state index contributed by atoms with van der Waals surface area (Å²) in [5.74, 6) is 1.23. The molecule has 10 aromatic rings. The van der Waals surface area contributed by atoms with Crippen LogP contribution >= 0.6 is 0 Å². The minimum Gasteiger partial charge on any atom is -0.310 e. The molecule has 0 spiro atoms. The van der Waals surface area contributed by atoms with Crippen LogP contribution in [0.15, 0.2) is 194 Å². The molecule has 2 aliphatic rings. The van der Waals surface area contributed by atoms with Gasteiger partial charge in [-0.1, -0.05) is 184 Å². The van der Waals surface area contributed by atoms with Gasteiger partial charge in [-0.05, 0) is 166 Å². The Hall–Kier alpha value is -7.16. The molecule has 0 aliphatic heterocycles. The monoisotopic (exact) mass is 880 g/mol. The van der Waals surface area contributed by atoms with Crippen molar-refractivity contribution in [1.82, 2.24) is 0 Å². The van der Waals surface area contributed by atoms with Crippen molar-refractivity contribution < 1.29 is 0 Å². The van der Waals surface area contributed by atoms with Gasteiger partial charge in [-0.25, -0.2) is 0 Å². The number of hydrogen-bond donors (Lipinski definition) is 0. The zero-order chi connectivity index (χ0) is 45.6. The van der Waals surface area contributed by atoms with Gasteiger partial charge in [0.2, 0.25) is 0 Å². The maximum absolute atomic E-state index is 2.52. The molecule has 0 heterocycles. The molecule has 0 unspecified atom stereocenters. The van der Waals surface area contributed by atoms with Gasteiger partial charge in [-0.15, -0.1) is 0 Å². The van der Waals surface area contributed by atoms with Gasteiger partial charge in [0.05, 0.1) is 11.4 Å². The first-order valence-corrected chi connectivity index (χ1v) is 25.4. The van der Waals surface area contributed by atoms with Crippen molar-refractivity contribution in [3.05, 3.63) is 216 Å². The van der Waals surface area contributed by atoms with Crippen LogP contribution in [0.1, 0.15) is 98.3 Å². The normalized spacial score (nSPS) is 14.8.